The molecular formula is C17H22BrN3O5. The fourth-order valence-electron chi connectivity index (χ4n) is 2.36. The molecule has 0 unspecified atom stereocenters. The van der Waals surface area contributed by atoms with Crippen LogP contribution in [0.15, 0.2) is 16.6 Å². The van der Waals surface area contributed by atoms with Gasteiger partial charge in [-0.05, 0) is 47.3 Å². The third kappa shape index (κ3) is 5.10. The highest BCUT2D eigenvalue weighted by Crippen LogP contribution is 2.37. The minimum Gasteiger partial charge on any atom is -0.493 e. The zero-order chi connectivity index (χ0) is 19.3. The van der Waals surface area contributed by atoms with Crippen molar-refractivity contribution in [1.29, 1.82) is 0 Å². The van der Waals surface area contributed by atoms with E-state index in [-0.39, 0.29) is 23.9 Å². The minimum atomic E-state index is -0.525. The topological polar surface area (TPSA) is 106 Å². The molecule has 1 saturated carbocycles. The van der Waals surface area contributed by atoms with Gasteiger partial charge in [-0.15, -0.1) is 0 Å². The van der Waals surface area contributed by atoms with Crippen molar-refractivity contribution in [3.05, 3.63) is 22.2 Å². The average Bonchev–Trinajstić information content (AvgIpc) is 3.35. The van der Waals surface area contributed by atoms with Crippen LogP contribution in [0, 0.1) is 11.8 Å². The Morgan fingerprint density at radius 2 is 1.96 bits per heavy atom. The van der Waals surface area contributed by atoms with Gasteiger partial charge in [0.25, 0.3) is 11.8 Å². The first-order valence-electron chi connectivity index (χ1n) is 8.24. The van der Waals surface area contributed by atoms with Gasteiger partial charge in [-0.25, -0.2) is 0 Å². The number of rotatable bonds is 7. The third-order valence-corrected chi connectivity index (χ3v) is 4.55. The summed E-state index contributed by atoms with van der Waals surface area (Å²) in [6.07, 6.45) is 0.846. The fraction of sp³-hybridized carbons (Fsp3) is 0.471. The monoisotopic (exact) mass is 427 g/mol. The molecule has 26 heavy (non-hydrogen) atoms. The molecule has 0 aromatic heterocycles. The van der Waals surface area contributed by atoms with Gasteiger partial charge in [0.1, 0.15) is 0 Å². The molecule has 0 radical (unpaired) electrons. The second-order valence-corrected chi connectivity index (χ2v) is 6.82. The van der Waals surface area contributed by atoms with Crippen molar-refractivity contribution in [2.75, 3.05) is 20.3 Å². The SMILES string of the molecule is CCOc1c(Br)cc(C(=O)NNC(=O)CNC(=O)[C@H]2C[C@H]2C)cc1OC. The van der Waals surface area contributed by atoms with E-state index in [1.165, 1.54) is 13.2 Å². The quantitative estimate of drug-likeness (QED) is 0.570. The standard InChI is InChI=1S/C17H22BrN3O5/c1-4-26-15-12(18)6-10(7-13(15)25-3)16(23)21-20-14(22)8-19-17(24)11-5-9(11)2/h6-7,9,11H,4-5,8H2,1-3H3,(H,19,24)(H,20,22)(H,21,23)/t9-,11+/m1/s1. The van der Waals surface area contributed by atoms with Crippen LogP contribution >= 0.6 is 15.9 Å². The van der Waals surface area contributed by atoms with Gasteiger partial charge >= 0.3 is 0 Å². The molecule has 1 aromatic carbocycles. The van der Waals surface area contributed by atoms with E-state index in [1.807, 2.05) is 13.8 Å². The number of amides is 3. The number of hydrogen-bond donors (Lipinski definition) is 3. The Morgan fingerprint density at radius 3 is 2.54 bits per heavy atom. The lowest BCUT2D eigenvalue weighted by Crippen LogP contribution is -2.46. The Bertz CT molecular complexity index is 710. The number of benzene rings is 1. The highest BCUT2D eigenvalue weighted by Gasteiger charge is 2.38. The van der Waals surface area contributed by atoms with Gasteiger partial charge in [0.05, 0.1) is 24.7 Å². The summed E-state index contributed by atoms with van der Waals surface area (Å²) >= 11 is 3.33. The molecule has 1 aromatic rings. The Morgan fingerprint density at radius 1 is 1.27 bits per heavy atom. The predicted octanol–water partition coefficient (Wildman–Crippen LogP) is 1.39. The summed E-state index contributed by atoms with van der Waals surface area (Å²) in [4.78, 5) is 35.6. The maximum absolute atomic E-state index is 12.2. The summed E-state index contributed by atoms with van der Waals surface area (Å²) in [5.41, 5.74) is 4.83. The lowest BCUT2D eigenvalue weighted by Gasteiger charge is -2.13. The number of hydrogen-bond acceptors (Lipinski definition) is 5. The van der Waals surface area contributed by atoms with Crippen LogP contribution in [0.25, 0.3) is 0 Å². The normalized spacial score (nSPS) is 17.8. The summed E-state index contributed by atoms with van der Waals surface area (Å²) in [7, 11) is 1.47. The van der Waals surface area contributed by atoms with Gasteiger partial charge in [-0.2, -0.15) is 0 Å². The summed E-state index contributed by atoms with van der Waals surface area (Å²) in [6, 6.07) is 3.07. The van der Waals surface area contributed by atoms with E-state index >= 15 is 0 Å². The molecule has 1 fully saturated rings. The minimum absolute atomic E-state index is 0.00828. The van der Waals surface area contributed by atoms with Crippen molar-refractivity contribution in [2.45, 2.75) is 20.3 Å². The van der Waals surface area contributed by atoms with Gasteiger partial charge in [0.2, 0.25) is 5.91 Å². The number of hydrazine groups is 1. The van der Waals surface area contributed by atoms with Crippen molar-refractivity contribution in [3.8, 4) is 11.5 Å². The Kier molecular flexibility index (Phi) is 6.84. The molecule has 0 spiro atoms. The van der Waals surface area contributed by atoms with Gasteiger partial charge in [0, 0.05) is 11.5 Å². The number of halogens is 1. The van der Waals surface area contributed by atoms with Crippen LogP contribution in [0.5, 0.6) is 11.5 Å². The molecule has 0 saturated heterocycles. The molecule has 0 bridgehead atoms. The van der Waals surface area contributed by atoms with Crippen LogP contribution in [0.4, 0.5) is 0 Å². The zero-order valence-corrected chi connectivity index (χ0v) is 16.4. The lowest BCUT2D eigenvalue weighted by molar-refractivity contribution is -0.127. The zero-order valence-electron chi connectivity index (χ0n) is 14.8. The van der Waals surface area contributed by atoms with Gasteiger partial charge in [0.15, 0.2) is 11.5 Å². The molecule has 3 amide bonds. The van der Waals surface area contributed by atoms with Crippen LogP contribution in [0.3, 0.4) is 0 Å². The molecule has 9 heteroatoms. The fourth-order valence-corrected chi connectivity index (χ4v) is 2.92. The Hall–Kier alpha value is -2.29. The van der Waals surface area contributed by atoms with Crippen molar-refractivity contribution in [3.63, 3.8) is 0 Å². The van der Waals surface area contributed by atoms with Crippen LogP contribution < -0.4 is 25.6 Å². The number of ether oxygens (including phenoxy) is 2. The Balaban J connectivity index is 1.87. The number of methoxy groups -OCH3 is 1. The second kappa shape index (κ2) is 8.88. The van der Waals surface area contributed by atoms with E-state index in [4.69, 9.17) is 9.47 Å². The number of nitrogens with one attached hydrogen (secondary N) is 3. The second-order valence-electron chi connectivity index (χ2n) is 5.96. The first-order valence-corrected chi connectivity index (χ1v) is 9.03. The summed E-state index contributed by atoms with van der Waals surface area (Å²) in [5, 5.41) is 2.54. The summed E-state index contributed by atoms with van der Waals surface area (Å²) < 4.78 is 11.2. The molecule has 1 aliphatic carbocycles. The first-order chi connectivity index (χ1) is 12.4. The van der Waals surface area contributed by atoms with Gasteiger partial charge in [-0.3, -0.25) is 25.2 Å². The largest absolute Gasteiger partial charge is 0.493 e. The third-order valence-electron chi connectivity index (χ3n) is 3.97. The molecular weight excluding hydrogens is 406 g/mol. The number of carbonyl (C=O) groups is 3. The maximum atomic E-state index is 12.2. The van der Waals surface area contributed by atoms with Crippen LogP contribution in [-0.4, -0.2) is 38.0 Å². The van der Waals surface area contributed by atoms with E-state index in [0.717, 1.165) is 6.42 Å². The molecule has 0 aliphatic heterocycles. The molecule has 142 valence electrons. The van der Waals surface area contributed by atoms with E-state index in [9.17, 15) is 14.4 Å². The van der Waals surface area contributed by atoms with Gasteiger partial charge < -0.3 is 14.8 Å². The predicted molar refractivity (Wildman–Crippen MR) is 97.8 cm³/mol. The summed E-state index contributed by atoms with van der Waals surface area (Å²) in [6.45, 7) is 4.07. The van der Waals surface area contributed by atoms with E-state index < -0.39 is 11.8 Å². The van der Waals surface area contributed by atoms with E-state index in [0.29, 0.717) is 28.5 Å². The molecule has 0 heterocycles. The maximum Gasteiger partial charge on any atom is 0.269 e. The first kappa shape index (κ1) is 20.0. The molecule has 2 rings (SSSR count). The van der Waals surface area contributed by atoms with Crippen LogP contribution in [0.2, 0.25) is 0 Å². The van der Waals surface area contributed by atoms with E-state index in [2.05, 4.69) is 32.1 Å². The van der Waals surface area contributed by atoms with Crippen molar-refractivity contribution >= 4 is 33.7 Å². The molecule has 2 atom stereocenters. The van der Waals surface area contributed by atoms with Crippen LogP contribution in [-0.2, 0) is 9.59 Å². The van der Waals surface area contributed by atoms with Crippen molar-refractivity contribution in [1.82, 2.24) is 16.2 Å². The molecule has 8 nitrogen and oxygen atoms in total. The highest BCUT2D eigenvalue weighted by atomic mass is 79.9. The molecule has 1 aliphatic rings. The highest BCUT2D eigenvalue weighted by molar-refractivity contribution is 9.10. The van der Waals surface area contributed by atoms with Crippen molar-refractivity contribution < 1.29 is 23.9 Å². The molecule has 3 N–H and O–H groups in total. The summed E-state index contributed by atoms with van der Waals surface area (Å²) in [5.74, 6) is 0.0618. The Labute approximate surface area is 160 Å². The number of carbonyl (C=O) groups excluding carboxylic acids is 3. The average molecular weight is 428 g/mol. The van der Waals surface area contributed by atoms with Gasteiger partial charge in [-0.1, -0.05) is 6.92 Å². The van der Waals surface area contributed by atoms with Crippen molar-refractivity contribution in [2.24, 2.45) is 11.8 Å². The van der Waals surface area contributed by atoms with Crippen LogP contribution in [0.1, 0.15) is 30.6 Å². The van der Waals surface area contributed by atoms with E-state index in [1.54, 1.807) is 6.07 Å². The smallest absolute Gasteiger partial charge is 0.269 e. The lowest BCUT2D eigenvalue weighted by atomic mass is 10.2.